The summed E-state index contributed by atoms with van der Waals surface area (Å²) in [7, 11) is -3.52. The van der Waals surface area contributed by atoms with Crippen LogP contribution in [0.5, 0.6) is 5.75 Å². The van der Waals surface area contributed by atoms with Gasteiger partial charge in [-0.3, -0.25) is 4.79 Å². The fraction of sp³-hybridized carbons (Fsp3) is 0.476. The van der Waals surface area contributed by atoms with Crippen molar-refractivity contribution >= 4 is 33.0 Å². The second-order valence-electron chi connectivity index (χ2n) is 7.67. The van der Waals surface area contributed by atoms with Crippen molar-refractivity contribution in [1.82, 2.24) is 4.31 Å². The van der Waals surface area contributed by atoms with Crippen LogP contribution >= 0.6 is 11.3 Å². The first-order chi connectivity index (χ1) is 14.0. The Morgan fingerprint density at radius 2 is 1.83 bits per heavy atom. The van der Waals surface area contributed by atoms with Gasteiger partial charge in [-0.05, 0) is 74.2 Å². The van der Waals surface area contributed by atoms with Gasteiger partial charge in [0.2, 0.25) is 5.91 Å². The fourth-order valence-corrected chi connectivity index (χ4v) is 6.64. The van der Waals surface area contributed by atoms with Crippen LogP contribution in [0.4, 0.5) is 5.69 Å². The Kier molecular flexibility index (Phi) is 6.22. The molecule has 2 aliphatic rings. The van der Waals surface area contributed by atoms with Crippen LogP contribution in [0.3, 0.4) is 0 Å². The van der Waals surface area contributed by atoms with Crippen molar-refractivity contribution in [1.29, 1.82) is 0 Å². The van der Waals surface area contributed by atoms with Gasteiger partial charge in [-0.15, -0.1) is 11.3 Å². The number of benzene rings is 1. The lowest BCUT2D eigenvalue weighted by atomic mass is 9.99. The van der Waals surface area contributed by atoms with Gasteiger partial charge < -0.3 is 10.1 Å². The van der Waals surface area contributed by atoms with E-state index in [0.717, 1.165) is 18.6 Å². The lowest BCUT2D eigenvalue weighted by Crippen LogP contribution is -2.43. The van der Waals surface area contributed by atoms with E-state index < -0.39 is 10.0 Å². The molecule has 0 unspecified atom stereocenters. The molecular weight excluding hydrogens is 408 g/mol. The van der Waals surface area contributed by atoms with Gasteiger partial charge in [0.1, 0.15) is 9.96 Å². The van der Waals surface area contributed by atoms with Crippen molar-refractivity contribution in [3.05, 3.63) is 41.8 Å². The number of hydrogen-bond acceptors (Lipinski definition) is 5. The predicted octanol–water partition coefficient (Wildman–Crippen LogP) is 4.11. The van der Waals surface area contributed by atoms with E-state index in [9.17, 15) is 13.2 Å². The molecule has 1 aromatic heterocycles. The molecule has 2 aromatic rings. The number of piperidine rings is 1. The van der Waals surface area contributed by atoms with Crippen molar-refractivity contribution in [3.63, 3.8) is 0 Å². The quantitative estimate of drug-likeness (QED) is 0.742. The monoisotopic (exact) mass is 434 g/mol. The zero-order valence-electron chi connectivity index (χ0n) is 16.2. The summed E-state index contributed by atoms with van der Waals surface area (Å²) in [4.78, 5) is 12.7. The molecule has 1 N–H and O–H groups in total. The Labute approximate surface area is 175 Å². The van der Waals surface area contributed by atoms with Gasteiger partial charge >= 0.3 is 0 Å². The number of hydrogen-bond donors (Lipinski definition) is 1. The second kappa shape index (κ2) is 8.85. The minimum Gasteiger partial charge on any atom is -0.490 e. The summed E-state index contributed by atoms with van der Waals surface area (Å²) in [5.74, 6) is 0.328. The van der Waals surface area contributed by atoms with E-state index in [-0.39, 0.29) is 18.4 Å². The maximum atomic E-state index is 12.7. The highest BCUT2D eigenvalue weighted by Crippen LogP contribution is 2.28. The van der Waals surface area contributed by atoms with Crippen molar-refractivity contribution in [2.75, 3.05) is 18.4 Å². The number of anilines is 1. The first-order valence-electron chi connectivity index (χ1n) is 10.1. The van der Waals surface area contributed by atoms with Crippen LogP contribution < -0.4 is 10.1 Å². The topological polar surface area (TPSA) is 75.7 Å². The molecule has 6 nitrogen and oxygen atoms in total. The fourth-order valence-electron chi connectivity index (χ4n) is 3.97. The van der Waals surface area contributed by atoms with Gasteiger partial charge in [0, 0.05) is 18.8 Å². The SMILES string of the molecule is O=C(Nc1ccc(OC2CCCC2)cc1)[C@H]1CCCN(S(=O)(=O)c2cccs2)C1. The number of nitrogens with one attached hydrogen (secondary N) is 1. The molecule has 2 fully saturated rings. The highest BCUT2D eigenvalue weighted by atomic mass is 32.2. The molecule has 1 saturated heterocycles. The molecule has 29 heavy (non-hydrogen) atoms. The molecule has 8 heteroatoms. The third-order valence-corrected chi connectivity index (χ3v) is 8.81. The Hall–Kier alpha value is -1.90. The summed E-state index contributed by atoms with van der Waals surface area (Å²) in [6.07, 6.45) is 6.31. The van der Waals surface area contributed by atoms with Crippen LogP contribution in [-0.2, 0) is 14.8 Å². The smallest absolute Gasteiger partial charge is 0.252 e. The van der Waals surface area contributed by atoms with Crippen LogP contribution in [0.15, 0.2) is 46.0 Å². The van der Waals surface area contributed by atoms with E-state index in [2.05, 4.69) is 5.32 Å². The molecule has 1 aromatic carbocycles. The molecule has 1 aliphatic heterocycles. The number of ether oxygens (including phenoxy) is 1. The lowest BCUT2D eigenvalue weighted by molar-refractivity contribution is -0.120. The van der Waals surface area contributed by atoms with Gasteiger partial charge in [-0.25, -0.2) is 8.42 Å². The summed E-state index contributed by atoms with van der Waals surface area (Å²) < 4.78 is 33.2. The van der Waals surface area contributed by atoms with E-state index in [4.69, 9.17) is 4.74 Å². The minimum absolute atomic E-state index is 0.138. The minimum atomic E-state index is -3.52. The van der Waals surface area contributed by atoms with Crippen molar-refractivity contribution in [3.8, 4) is 5.75 Å². The van der Waals surface area contributed by atoms with E-state index >= 15 is 0 Å². The molecule has 1 atom stereocenters. The van der Waals surface area contributed by atoms with Crippen LogP contribution in [0.1, 0.15) is 38.5 Å². The number of sulfonamides is 1. The first-order valence-corrected chi connectivity index (χ1v) is 12.5. The zero-order valence-corrected chi connectivity index (χ0v) is 17.9. The number of carbonyl (C=O) groups excluding carboxylic acids is 1. The Morgan fingerprint density at radius 3 is 2.52 bits per heavy atom. The van der Waals surface area contributed by atoms with E-state index in [1.807, 2.05) is 24.3 Å². The van der Waals surface area contributed by atoms with E-state index in [0.29, 0.717) is 35.4 Å². The average molecular weight is 435 g/mol. The van der Waals surface area contributed by atoms with Crippen LogP contribution in [0, 0.1) is 5.92 Å². The summed E-state index contributed by atoms with van der Waals surface area (Å²) in [5, 5.41) is 4.68. The normalized spacial score (nSPS) is 21.2. The number of rotatable bonds is 6. The van der Waals surface area contributed by atoms with Gasteiger partial charge in [-0.1, -0.05) is 6.07 Å². The third-order valence-electron chi connectivity index (χ3n) is 5.57. The lowest BCUT2D eigenvalue weighted by Gasteiger charge is -2.30. The number of nitrogens with zero attached hydrogens (tertiary/aromatic N) is 1. The summed E-state index contributed by atoms with van der Waals surface area (Å²) in [6, 6.07) is 10.8. The van der Waals surface area contributed by atoms with Gasteiger partial charge in [0.15, 0.2) is 0 Å². The Balaban J connectivity index is 1.35. The molecule has 1 aliphatic carbocycles. The van der Waals surface area contributed by atoms with Crippen LogP contribution in [-0.4, -0.2) is 37.8 Å². The highest BCUT2D eigenvalue weighted by molar-refractivity contribution is 7.91. The number of carbonyl (C=O) groups is 1. The molecule has 2 heterocycles. The van der Waals surface area contributed by atoms with E-state index in [1.54, 1.807) is 17.5 Å². The predicted molar refractivity (Wildman–Crippen MR) is 114 cm³/mol. The number of amides is 1. The Morgan fingerprint density at radius 1 is 1.07 bits per heavy atom. The molecule has 4 rings (SSSR count). The van der Waals surface area contributed by atoms with Gasteiger partial charge in [0.05, 0.1) is 12.0 Å². The molecule has 0 radical (unpaired) electrons. The second-order valence-corrected chi connectivity index (χ2v) is 10.8. The molecular formula is C21H26N2O4S2. The summed E-state index contributed by atoms with van der Waals surface area (Å²) in [6.45, 7) is 0.673. The van der Waals surface area contributed by atoms with Crippen molar-refractivity contribution in [2.45, 2.75) is 48.8 Å². The van der Waals surface area contributed by atoms with Gasteiger partial charge in [-0.2, -0.15) is 4.31 Å². The molecule has 1 saturated carbocycles. The molecule has 156 valence electrons. The van der Waals surface area contributed by atoms with Gasteiger partial charge in [0.25, 0.3) is 10.0 Å². The maximum Gasteiger partial charge on any atom is 0.252 e. The highest BCUT2D eigenvalue weighted by Gasteiger charge is 2.33. The molecule has 0 spiro atoms. The largest absolute Gasteiger partial charge is 0.490 e. The average Bonchev–Trinajstić information content (AvgIpc) is 3.44. The zero-order chi connectivity index (χ0) is 20.3. The molecule has 0 bridgehead atoms. The molecule has 1 amide bonds. The van der Waals surface area contributed by atoms with Crippen molar-refractivity contribution < 1.29 is 17.9 Å². The summed E-state index contributed by atoms with van der Waals surface area (Å²) in [5.41, 5.74) is 0.701. The van der Waals surface area contributed by atoms with Crippen molar-refractivity contribution in [2.24, 2.45) is 5.92 Å². The van der Waals surface area contributed by atoms with E-state index in [1.165, 1.54) is 28.5 Å². The van der Waals surface area contributed by atoms with Crippen LogP contribution in [0.2, 0.25) is 0 Å². The first kappa shape index (κ1) is 20.4. The number of thiophene rings is 1. The van der Waals surface area contributed by atoms with Crippen LogP contribution in [0.25, 0.3) is 0 Å². The standard InChI is InChI=1S/C21H26N2O4S2/c24-21(22-17-9-11-19(12-10-17)27-18-6-1-2-7-18)16-5-3-13-23(15-16)29(25,26)20-8-4-14-28-20/h4,8-12,14,16,18H,1-3,5-7,13,15H2,(H,22,24)/t16-/m0/s1. The summed E-state index contributed by atoms with van der Waals surface area (Å²) >= 11 is 1.21. The third kappa shape index (κ3) is 4.82. The Bertz CT molecular complexity index is 920. The maximum absolute atomic E-state index is 12.7.